The van der Waals surface area contributed by atoms with Crippen molar-refractivity contribution in [2.24, 2.45) is 7.05 Å². The van der Waals surface area contributed by atoms with Crippen LogP contribution in [0, 0.1) is 0 Å². The lowest BCUT2D eigenvalue weighted by Crippen LogP contribution is -2.37. The summed E-state index contributed by atoms with van der Waals surface area (Å²) in [4.78, 5) is 28.0. The Morgan fingerprint density at radius 3 is 2.56 bits per heavy atom. The molecule has 1 aromatic heterocycles. The Labute approximate surface area is 200 Å². The number of benzene rings is 2. The van der Waals surface area contributed by atoms with Crippen LogP contribution in [0.2, 0.25) is 0 Å². The SMILES string of the molecule is CCCOCC.COc1ccc2cc(C(=O)N3CCCCc4ccccc43)c(=O)n(C)c2c1O. The third kappa shape index (κ3) is 5.25. The number of hydrogen-bond donors (Lipinski definition) is 1. The molecule has 0 aliphatic carbocycles. The number of aromatic nitrogens is 1. The lowest BCUT2D eigenvalue weighted by Gasteiger charge is -2.23. The first-order valence-corrected chi connectivity index (χ1v) is 11.8. The molecule has 0 saturated heterocycles. The Hall–Kier alpha value is -3.32. The van der Waals surface area contributed by atoms with Crippen LogP contribution in [0.15, 0.2) is 47.3 Å². The monoisotopic (exact) mass is 466 g/mol. The number of methoxy groups -OCH3 is 1. The highest BCUT2D eigenvalue weighted by Gasteiger charge is 2.26. The minimum atomic E-state index is -0.442. The van der Waals surface area contributed by atoms with Crippen molar-refractivity contribution in [1.29, 1.82) is 0 Å². The van der Waals surface area contributed by atoms with Crippen LogP contribution in [0.1, 0.15) is 49.0 Å². The number of anilines is 1. The second kappa shape index (κ2) is 11.7. The zero-order valence-electron chi connectivity index (χ0n) is 20.5. The average molecular weight is 467 g/mol. The van der Waals surface area contributed by atoms with Crippen molar-refractivity contribution in [3.63, 3.8) is 0 Å². The number of rotatable bonds is 5. The van der Waals surface area contributed by atoms with Crippen molar-refractivity contribution >= 4 is 22.5 Å². The largest absolute Gasteiger partial charge is 0.503 e. The Kier molecular flexibility index (Phi) is 8.71. The van der Waals surface area contributed by atoms with E-state index in [0.717, 1.165) is 50.1 Å². The summed E-state index contributed by atoms with van der Waals surface area (Å²) in [5.74, 6) is -0.145. The maximum absolute atomic E-state index is 13.4. The van der Waals surface area contributed by atoms with E-state index in [2.05, 4.69) is 6.92 Å². The molecule has 1 N–H and O–H groups in total. The number of phenolic OH excluding ortho intramolecular Hbond substituents is 1. The summed E-state index contributed by atoms with van der Waals surface area (Å²) in [6.07, 6.45) is 3.94. The summed E-state index contributed by atoms with van der Waals surface area (Å²) in [7, 11) is 3.00. The van der Waals surface area contributed by atoms with Crippen LogP contribution in [0.3, 0.4) is 0 Å². The number of fused-ring (bicyclic) bond motifs is 2. The molecule has 0 fully saturated rings. The summed E-state index contributed by atoms with van der Waals surface area (Å²) in [5, 5.41) is 11.0. The van der Waals surface area contributed by atoms with Crippen LogP contribution < -0.4 is 15.2 Å². The summed E-state index contributed by atoms with van der Waals surface area (Å²) in [6, 6.07) is 12.8. The van der Waals surface area contributed by atoms with E-state index in [4.69, 9.17) is 9.47 Å². The Morgan fingerprint density at radius 1 is 1.12 bits per heavy atom. The first-order valence-electron chi connectivity index (χ1n) is 11.8. The fourth-order valence-corrected chi connectivity index (χ4v) is 4.20. The third-order valence-electron chi connectivity index (χ3n) is 5.92. The summed E-state index contributed by atoms with van der Waals surface area (Å²) < 4.78 is 11.4. The smallest absolute Gasteiger partial charge is 0.263 e. The molecule has 182 valence electrons. The minimum absolute atomic E-state index is 0.0938. The maximum atomic E-state index is 13.4. The maximum Gasteiger partial charge on any atom is 0.263 e. The number of pyridine rings is 1. The van der Waals surface area contributed by atoms with Crippen molar-refractivity contribution in [2.45, 2.75) is 39.5 Å². The number of ether oxygens (including phenoxy) is 2. The summed E-state index contributed by atoms with van der Waals surface area (Å²) in [5.41, 5.74) is 1.98. The molecule has 3 aromatic rings. The number of aryl methyl sites for hydroxylation is 2. The van der Waals surface area contributed by atoms with Gasteiger partial charge in [-0.3, -0.25) is 9.59 Å². The molecule has 0 bridgehead atoms. The standard InChI is InChI=1S/C22H22N2O4.C5H12O/c1-23-19-15(10-11-18(28-2)20(19)25)13-16(21(23)26)22(27)24-12-6-5-8-14-7-3-4-9-17(14)24;1-3-5-6-4-2/h3-4,7,9-11,13,25H,5-6,8,12H2,1-2H3;3-5H2,1-2H3. The van der Waals surface area contributed by atoms with E-state index in [0.29, 0.717) is 17.4 Å². The highest BCUT2D eigenvalue weighted by Crippen LogP contribution is 2.34. The molecule has 0 saturated carbocycles. The number of nitrogens with zero attached hydrogens (tertiary/aromatic N) is 2. The third-order valence-corrected chi connectivity index (χ3v) is 5.92. The van der Waals surface area contributed by atoms with E-state index in [9.17, 15) is 14.7 Å². The Bertz CT molecular complexity index is 1200. The number of aromatic hydroxyl groups is 1. The van der Waals surface area contributed by atoms with Crippen LogP contribution >= 0.6 is 0 Å². The quantitative estimate of drug-likeness (QED) is 0.553. The van der Waals surface area contributed by atoms with Gasteiger partial charge in [-0.1, -0.05) is 25.1 Å². The Balaban J connectivity index is 0.000000481. The Morgan fingerprint density at radius 2 is 1.88 bits per heavy atom. The van der Waals surface area contributed by atoms with Gasteiger partial charge < -0.3 is 24.0 Å². The fraction of sp³-hybridized carbons (Fsp3) is 0.407. The number of phenols is 1. The van der Waals surface area contributed by atoms with Crippen molar-refractivity contribution < 1.29 is 19.4 Å². The molecule has 7 heteroatoms. The van der Waals surface area contributed by atoms with Crippen LogP contribution in [0.5, 0.6) is 11.5 Å². The van der Waals surface area contributed by atoms with E-state index >= 15 is 0 Å². The topological polar surface area (TPSA) is 81.0 Å². The van der Waals surface area contributed by atoms with Crippen molar-refractivity contribution in [2.75, 3.05) is 31.8 Å². The lowest BCUT2D eigenvalue weighted by molar-refractivity contribution is 0.0985. The molecule has 2 aromatic carbocycles. The van der Waals surface area contributed by atoms with E-state index in [1.807, 2.05) is 31.2 Å². The summed E-state index contributed by atoms with van der Waals surface area (Å²) >= 11 is 0. The molecule has 2 heterocycles. The van der Waals surface area contributed by atoms with E-state index in [1.54, 1.807) is 30.1 Å². The molecule has 1 amide bonds. The van der Waals surface area contributed by atoms with Gasteiger partial charge in [0, 0.05) is 37.9 Å². The molecule has 0 unspecified atom stereocenters. The fourth-order valence-electron chi connectivity index (χ4n) is 4.20. The molecule has 0 atom stereocenters. The average Bonchev–Trinajstić information content (AvgIpc) is 3.07. The number of amides is 1. The predicted octanol–water partition coefficient (Wildman–Crippen LogP) is 4.67. The van der Waals surface area contributed by atoms with Crippen molar-refractivity contribution in [3.05, 3.63) is 63.9 Å². The second-order valence-corrected chi connectivity index (χ2v) is 8.22. The van der Waals surface area contributed by atoms with Gasteiger partial charge >= 0.3 is 0 Å². The van der Waals surface area contributed by atoms with Gasteiger partial charge in [0.2, 0.25) is 0 Å². The van der Waals surface area contributed by atoms with Crippen molar-refractivity contribution in [1.82, 2.24) is 4.57 Å². The van der Waals surface area contributed by atoms with Crippen LogP contribution in [0.25, 0.3) is 10.9 Å². The van der Waals surface area contributed by atoms with Crippen molar-refractivity contribution in [3.8, 4) is 11.5 Å². The number of hydrogen-bond acceptors (Lipinski definition) is 5. The first-order chi connectivity index (χ1) is 16.4. The van der Waals surface area contributed by atoms with Crippen LogP contribution in [-0.2, 0) is 18.2 Å². The van der Waals surface area contributed by atoms with Gasteiger partial charge in [-0.05, 0) is 62.4 Å². The van der Waals surface area contributed by atoms with Gasteiger partial charge in [0.15, 0.2) is 11.5 Å². The highest BCUT2D eigenvalue weighted by atomic mass is 16.5. The van der Waals surface area contributed by atoms with Gasteiger partial charge in [-0.2, -0.15) is 0 Å². The molecule has 34 heavy (non-hydrogen) atoms. The normalized spacial score (nSPS) is 13.0. The summed E-state index contributed by atoms with van der Waals surface area (Å²) in [6.45, 7) is 6.46. The molecule has 1 aliphatic rings. The van der Waals surface area contributed by atoms with Gasteiger partial charge in [-0.15, -0.1) is 0 Å². The molecular formula is C27H34N2O5. The van der Waals surface area contributed by atoms with Crippen LogP contribution in [-0.4, -0.2) is 42.4 Å². The lowest BCUT2D eigenvalue weighted by atomic mass is 10.1. The highest BCUT2D eigenvalue weighted by molar-refractivity contribution is 6.08. The van der Waals surface area contributed by atoms with Gasteiger partial charge in [0.25, 0.3) is 11.5 Å². The van der Waals surface area contributed by atoms with E-state index in [-0.39, 0.29) is 23.0 Å². The number of para-hydroxylation sites is 1. The zero-order chi connectivity index (χ0) is 24.7. The van der Waals surface area contributed by atoms with E-state index < -0.39 is 5.56 Å². The molecular weight excluding hydrogens is 432 g/mol. The van der Waals surface area contributed by atoms with Crippen LogP contribution in [0.4, 0.5) is 5.69 Å². The van der Waals surface area contributed by atoms with Gasteiger partial charge in [-0.25, -0.2) is 0 Å². The molecule has 4 rings (SSSR count). The van der Waals surface area contributed by atoms with Gasteiger partial charge in [0.05, 0.1) is 12.6 Å². The number of carbonyl (C=O) groups is 1. The number of carbonyl (C=O) groups excluding carboxylic acids is 1. The first kappa shape index (κ1) is 25.3. The predicted molar refractivity (Wildman–Crippen MR) is 135 cm³/mol. The molecule has 1 aliphatic heterocycles. The minimum Gasteiger partial charge on any atom is -0.503 e. The van der Waals surface area contributed by atoms with Gasteiger partial charge in [0.1, 0.15) is 5.56 Å². The second-order valence-electron chi connectivity index (χ2n) is 8.22. The molecule has 0 radical (unpaired) electrons. The molecule has 0 spiro atoms. The van der Waals surface area contributed by atoms with E-state index in [1.165, 1.54) is 11.7 Å². The molecule has 7 nitrogen and oxygen atoms in total. The zero-order valence-corrected chi connectivity index (χ0v) is 20.5.